The molecule has 0 saturated carbocycles. The number of rotatable bonds is 4. The van der Waals surface area contributed by atoms with Crippen LogP contribution in [-0.2, 0) is 6.18 Å². The Morgan fingerprint density at radius 3 is 2.29 bits per heavy atom. The molecule has 0 saturated heterocycles. The number of benzene rings is 3. The minimum absolute atomic E-state index is 0.0589. The molecule has 0 fully saturated rings. The second-order valence-electron chi connectivity index (χ2n) is 7.03. The number of hydrogen-bond donors (Lipinski definition) is 2. The first-order valence-electron chi connectivity index (χ1n) is 9.62. The Morgan fingerprint density at radius 2 is 1.56 bits per heavy atom. The monoisotopic (exact) mass is 472 g/mol. The summed E-state index contributed by atoms with van der Waals surface area (Å²) in [5.41, 5.74) is -1.91. The van der Waals surface area contributed by atoms with E-state index in [-0.39, 0.29) is 11.3 Å². The number of nitrogens with zero attached hydrogens (tertiary/aromatic N) is 2. The van der Waals surface area contributed by atoms with Crippen LogP contribution in [0, 0.1) is 11.6 Å². The highest BCUT2D eigenvalue weighted by Crippen LogP contribution is 2.31. The highest BCUT2D eigenvalue weighted by molar-refractivity contribution is 6.11. The third-order valence-electron chi connectivity index (χ3n) is 4.75. The van der Waals surface area contributed by atoms with Crippen molar-refractivity contribution in [1.29, 1.82) is 0 Å². The molecule has 0 aliphatic heterocycles. The van der Waals surface area contributed by atoms with E-state index in [0.717, 1.165) is 24.3 Å². The average Bonchev–Trinajstić information content (AvgIpc) is 2.80. The molecule has 0 aliphatic carbocycles. The zero-order chi connectivity index (χ0) is 24.5. The van der Waals surface area contributed by atoms with Gasteiger partial charge in [-0.2, -0.15) is 13.2 Å². The van der Waals surface area contributed by atoms with E-state index < -0.39 is 46.4 Å². The van der Waals surface area contributed by atoms with Gasteiger partial charge in [-0.1, -0.05) is 6.07 Å². The Morgan fingerprint density at radius 1 is 0.824 bits per heavy atom. The van der Waals surface area contributed by atoms with E-state index in [4.69, 9.17) is 0 Å². The van der Waals surface area contributed by atoms with Gasteiger partial charge in [0.15, 0.2) is 11.6 Å². The maximum Gasteiger partial charge on any atom is 0.416 e. The summed E-state index contributed by atoms with van der Waals surface area (Å²) in [6.45, 7) is 0. The summed E-state index contributed by atoms with van der Waals surface area (Å²) < 4.78 is 67.9. The molecule has 2 amide bonds. The van der Waals surface area contributed by atoms with Crippen molar-refractivity contribution in [3.8, 4) is 0 Å². The summed E-state index contributed by atoms with van der Waals surface area (Å²) in [5, 5.41) is 4.21. The largest absolute Gasteiger partial charge is 0.416 e. The molecule has 4 rings (SSSR count). The summed E-state index contributed by atoms with van der Waals surface area (Å²) in [4.78, 5) is 33.1. The second-order valence-corrected chi connectivity index (χ2v) is 7.03. The van der Waals surface area contributed by atoms with Crippen LogP contribution < -0.4 is 10.6 Å². The topological polar surface area (TPSA) is 84.0 Å². The van der Waals surface area contributed by atoms with Crippen molar-refractivity contribution in [1.82, 2.24) is 9.97 Å². The zero-order valence-corrected chi connectivity index (χ0v) is 17.0. The van der Waals surface area contributed by atoms with E-state index in [1.165, 1.54) is 36.7 Å². The van der Waals surface area contributed by atoms with Gasteiger partial charge in [0.05, 0.1) is 27.8 Å². The lowest BCUT2D eigenvalue weighted by Crippen LogP contribution is -2.21. The van der Waals surface area contributed by atoms with Crippen LogP contribution in [0.2, 0.25) is 0 Å². The molecule has 1 aromatic heterocycles. The van der Waals surface area contributed by atoms with Gasteiger partial charge in [-0.3, -0.25) is 14.8 Å². The number of carbonyl (C=O) groups excluding carboxylic acids is 2. The van der Waals surface area contributed by atoms with E-state index in [1.54, 1.807) is 0 Å². The van der Waals surface area contributed by atoms with Crippen molar-refractivity contribution in [3.63, 3.8) is 0 Å². The Balaban J connectivity index is 1.58. The molecule has 1 heterocycles. The molecule has 0 atom stereocenters. The number of fused-ring (bicyclic) bond motifs is 1. The number of urea groups is 1. The predicted octanol–water partition coefficient (Wildman–Crippen LogP) is 5.80. The molecule has 6 nitrogen and oxygen atoms in total. The Bertz CT molecular complexity index is 1420. The number of amides is 2. The van der Waals surface area contributed by atoms with Gasteiger partial charge in [0.25, 0.3) is 0 Å². The van der Waals surface area contributed by atoms with Crippen molar-refractivity contribution >= 4 is 34.2 Å². The van der Waals surface area contributed by atoms with Crippen LogP contribution in [0.1, 0.15) is 21.5 Å². The highest BCUT2D eigenvalue weighted by Gasteiger charge is 2.30. The van der Waals surface area contributed by atoms with Crippen molar-refractivity contribution in [2.75, 3.05) is 10.6 Å². The van der Waals surface area contributed by atoms with Gasteiger partial charge >= 0.3 is 12.2 Å². The summed E-state index contributed by atoms with van der Waals surface area (Å²) >= 11 is 0. The van der Waals surface area contributed by atoms with Crippen molar-refractivity contribution in [2.45, 2.75) is 6.18 Å². The number of anilines is 2. The van der Waals surface area contributed by atoms with E-state index in [2.05, 4.69) is 20.6 Å². The van der Waals surface area contributed by atoms with Gasteiger partial charge in [0.2, 0.25) is 0 Å². The summed E-state index contributed by atoms with van der Waals surface area (Å²) in [7, 11) is 0. The van der Waals surface area contributed by atoms with Crippen LogP contribution in [-0.4, -0.2) is 21.8 Å². The number of hydrogen-bond acceptors (Lipinski definition) is 4. The average molecular weight is 472 g/mol. The Labute approximate surface area is 188 Å². The molecule has 0 radical (unpaired) electrons. The SMILES string of the molecule is O=C(Nc1cccc(C(F)(F)F)c1)Nc1ccc(F)c(C(=O)c2ccc3nccnc3c2)c1F. The molecule has 2 N–H and O–H groups in total. The van der Waals surface area contributed by atoms with E-state index >= 15 is 4.39 Å². The summed E-state index contributed by atoms with van der Waals surface area (Å²) in [5.74, 6) is -3.50. The van der Waals surface area contributed by atoms with Crippen LogP contribution in [0.25, 0.3) is 11.0 Å². The molecule has 34 heavy (non-hydrogen) atoms. The summed E-state index contributed by atoms with van der Waals surface area (Å²) in [6, 6.07) is 8.50. The maximum absolute atomic E-state index is 15.0. The number of nitrogens with one attached hydrogen (secondary N) is 2. The molecule has 0 unspecified atom stereocenters. The molecule has 172 valence electrons. The Kier molecular flexibility index (Phi) is 5.93. The minimum atomic E-state index is -4.62. The normalized spacial score (nSPS) is 11.3. The van der Waals surface area contributed by atoms with Crippen LogP contribution in [0.5, 0.6) is 0 Å². The molecule has 11 heteroatoms. The first-order chi connectivity index (χ1) is 16.1. The maximum atomic E-state index is 15.0. The van der Waals surface area contributed by atoms with Gasteiger partial charge in [-0.25, -0.2) is 13.6 Å². The molecule has 3 aromatic carbocycles. The van der Waals surface area contributed by atoms with E-state index in [1.807, 2.05) is 0 Å². The number of alkyl halides is 3. The van der Waals surface area contributed by atoms with Gasteiger partial charge in [0, 0.05) is 23.6 Å². The smallest absolute Gasteiger partial charge is 0.308 e. The molecule has 0 aliphatic rings. The lowest BCUT2D eigenvalue weighted by atomic mass is 10.0. The first-order valence-corrected chi connectivity index (χ1v) is 9.62. The van der Waals surface area contributed by atoms with Crippen LogP contribution >= 0.6 is 0 Å². The molecular weight excluding hydrogens is 459 g/mol. The molecule has 0 bridgehead atoms. The molecule has 0 spiro atoms. The predicted molar refractivity (Wildman–Crippen MR) is 113 cm³/mol. The molecular formula is C23H13F5N4O2. The minimum Gasteiger partial charge on any atom is -0.308 e. The zero-order valence-electron chi connectivity index (χ0n) is 17.0. The highest BCUT2D eigenvalue weighted by atomic mass is 19.4. The van der Waals surface area contributed by atoms with Crippen molar-refractivity contribution in [3.05, 3.63) is 95.3 Å². The number of aromatic nitrogens is 2. The van der Waals surface area contributed by atoms with Crippen LogP contribution in [0.3, 0.4) is 0 Å². The van der Waals surface area contributed by atoms with Crippen molar-refractivity contribution in [2.24, 2.45) is 0 Å². The van der Waals surface area contributed by atoms with Gasteiger partial charge in [0.1, 0.15) is 5.82 Å². The van der Waals surface area contributed by atoms with Crippen molar-refractivity contribution < 1.29 is 31.5 Å². The summed E-state index contributed by atoms with van der Waals surface area (Å²) in [6.07, 6.45) is -1.78. The standard InChI is InChI=1S/C23H13F5N4O2/c24-15-5-7-17(32-22(34)31-14-3-1-2-13(11-14)23(26,27)28)20(25)19(15)21(33)12-4-6-16-18(10-12)30-9-8-29-16/h1-11H,(H2,31,32,34). The van der Waals surface area contributed by atoms with Gasteiger partial charge < -0.3 is 10.6 Å². The fourth-order valence-electron chi connectivity index (χ4n) is 3.16. The Hall–Kier alpha value is -4.41. The van der Waals surface area contributed by atoms with Gasteiger partial charge in [-0.05, 0) is 48.5 Å². The third kappa shape index (κ3) is 4.68. The fraction of sp³-hybridized carbons (Fsp3) is 0.0435. The van der Waals surface area contributed by atoms with E-state index in [0.29, 0.717) is 17.1 Å². The fourth-order valence-corrected chi connectivity index (χ4v) is 3.16. The van der Waals surface area contributed by atoms with E-state index in [9.17, 15) is 27.2 Å². The number of carbonyl (C=O) groups is 2. The number of halogens is 5. The van der Waals surface area contributed by atoms with Crippen LogP contribution in [0.4, 0.5) is 38.1 Å². The quantitative estimate of drug-likeness (QED) is 0.290. The van der Waals surface area contributed by atoms with Gasteiger partial charge in [-0.15, -0.1) is 0 Å². The molecule has 4 aromatic rings. The van der Waals surface area contributed by atoms with Crippen LogP contribution in [0.15, 0.2) is 67.0 Å². The lowest BCUT2D eigenvalue weighted by molar-refractivity contribution is -0.137. The second kappa shape index (κ2) is 8.85. The lowest BCUT2D eigenvalue weighted by Gasteiger charge is -2.13. The first kappa shape index (κ1) is 22.8. The third-order valence-corrected chi connectivity index (χ3v) is 4.75. The number of ketones is 1.